The first kappa shape index (κ1) is 9.06. The van der Waals surface area contributed by atoms with Crippen LogP contribution in [0.25, 0.3) is 0 Å². The predicted octanol–water partition coefficient (Wildman–Crippen LogP) is 1.97. The minimum atomic E-state index is 0.847. The molecule has 0 amide bonds. The van der Waals surface area contributed by atoms with E-state index in [1.165, 1.54) is 6.32 Å². The minimum Gasteiger partial charge on any atom is -0.0783 e. The second-order valence-electron chi connectivity index (χ2n) is 3.49. The quantitative estimate of drug-likeness (QED) is 0.507. The molecule has 0 saturated heterocycles. The molecule has 0 aliphatic rings. The normalized spacial score (nSPS) is 17.9. The second-order valence-corrected chi connectivity index (χ2v) is 3.49. The summed E-state index contributed by atoms with van der Waals surface area (Å²) >= 11 is 0. The van der Waals surface area contributed by atoms with E-state index in [0.717, 1.165) is 17.8 Å². The van der Waals surface area contributed by atoms with Gasteiger partial charge in [0.15, 0.2) is 0 Å². The molecule has 0 nitrogen and oxygen atoms in total. The third-order valence-electron chi connectivity index (χ3n) is 2.59. The Kier molecular flexibility index (Phi) is 4.00. The molecule has 0 aromatic heterocycles. The van der Waals surface area contributed by atoms with Gasteiger partial charge in [0.25, 0.3) is 0 Å². The van der Waals surface area contributed by atoms with Crippen molar-refractivity contribution in [3.05, 3.63) is 0 Å². The van der Waals surface area contributed by atoms with E-state index in [1.54, 1.807) is 0 Å². The van der Waals surface area contributed by atoms with Crippen molar-refractivity contribution in [2.45, 2.75) is 34.0 Å². The molecule has 0 aromatic rings. The van der Waals surface area contributed by atoms with Gasteiger partial charge in [0, 0.05) is 0 Å². The van der Waals surface area contributed by atoms with Crippen molar-refractivity contribution in [2.24, 2.45) is 17.8 Å². The van der Waals surface area contributed by atoms with Gasteiger partial charge in [-0.15, -0.1) is 0 Å². The van der Waals surface area contributed by atoms with Crippen LogP contribution in [-0.2, 0) is 0 Å². The molecule has 0 aliphatic carbocycles. The summed E-state index contributed by atoms with van der Waals surface area (Å²) in [5.41, 5.74) is 0. The first-order valence-electron chi connectivity index (χ1n) is 4.09. The van der Waals surface area contributed by atoms with Gasteiger partial charge < -0.3 is 0 Å². The van der Waals surface area contributed by atoms with E-state index in [4.69, 9.17) is 0 Å². The Bertz CT molecular complexity index is 69.0. The zero-order valence-electron chi connectivity index (χ0n) is 7.44. The molecule has 1 heteroatoms. The topological polar surface area (TPSA) is 0 Å². The zero-order chi connectivity index (χ0) is 7.44. The fourth-order valence-corrected chi connectivity index (χ4v) is 1.03. The molecule has 0 radical (unpaired) electrons. The molecule has 2 atom stereocenters. The van der Waals surface area contributed by atoms with Gasteiger partial charge in [-0.05, 0) is 17.8 Å². The smallest absolute Gasteiger partial charge is 0.0783 e. The maximum Gasteiger partial charge on any atom is 0.101 e. The number of rotatable bonds is 3. The molecule has 0 aromatic carbocycles. The maximum atomic E-state index is 2.35. The fraction of sp³-hybridized carbons (Fsp3) is 1.00. The van der Waals surface area contributed by atoms with Crippen LogP contribution in [0.5, 0.6) is 0 Å². The van der Waals surface area contributed by atoms with Crippen molar-refractivity contribution < 1.29 is 0 Å². The van der Waals surface area contributed by atoms with Gasteiger partial charge in [0.2, 0.25) is 0 Å². The molecule has 9 heavy (non-hydrogen) atoms. The lowest BCUT2D eigenvalue weighted by Gasteiger charge is -2.21. The summed E-state index contributed by atoms with van der Waals surface area (Å²) in [5.74, 6) is 2.62. The summed E-state index contributed by atoms with van der Waals surface area (Å²) in [6.07, 6.45) is 1.32. The van der Waals surface area contributed by atoms with Gasteiger partial charge in [-0.2, -0.15) is 0 Å². The zero-order valence-corrected chi connectivity index (χ0v) is 7.44. The number of hydrogen-bond acceptors (Lipinski definition) is 0. The molecule has 0 fully saturated rings. The van der Waals surface area contributed by atoms with Gasteiger partial charge in [0.05, 0.1) is 0 Å². The third kappa shape index (κ3) is 2.93. The van der Waals surface area contributed by atoms with Crippen LogP contribution in [0.15, 0.2) is 0 Å². The van der Waals surface area contributed by atoms with Gasteiger partial charge in [-0.25, -0.2) is 0 Å². The maximum absolute atomic E-state index is 2.35. The summed E-state index contributed by atoms with van der Waals surface area (Å²) in [4.78, 5) is 0. The Balaban J connectivity index is 3.58. The Morgan fingerprint density at radius 3 is 1.67 bits per heavy atom. The average molecular weight is 126 g/mol. The van der Waals surface area contributed by atoms with Crippen molar-refractivity contribution in [3.63, 3.8) is 0 Å². The van der Waals surface area contributed by atoms with Crippen LogP contribution in [0.4, 0.5) is 0 Å². The van der Waals surface area contributed by atoms with E-state index in [-0.39, 0.29) is 0 Å². The molecule has 1 unspecified atom stereocenters. The first-order chi connectivity index (χ1) is 4.09. The highest BCUT2D eigenvalue weighted by molar-refractivity contribution is 6.08. The van der Waals surface area contributed by atoms with Gasteiger partial charge >= 0.3 is 0 Å². The Morgan fingerprint density at radius 2 is 1.56 bits per heavy atom. The standard InChI is InChI=1S/C8H19B/c1-6(2)8(4)7(3)5-9/h6-8H,5,9H2,1-4H3/t7?,8-/m1/s1. The van der Waals surface area contributed by atoms with Crippen LogP contribution in [-0.4, -0.2) is 7.85 Å². The highest BCUT2D eigenvalue weighted by Gasteiger charge is 2.12. The highest BCUT2D eigenvalue weighted by atomic mass is 14.2. The van der Waals surface area contributed by atoms with Crippen LogP contribution < -0.4 is 0 Å². The largest absolute Gasteiger partial charge is 0.101 e. The fourth-order valence-electron chi connectivity index (χ4n) is 1.03. The van der Waals surface area contributed by atoms with E-state index in [9.17, 15) is 0 Å². The monoisotopic (exact) mass is 126 g/mol. The van der Waals surface area contributed by atoms with Crippen LogP contribution in [0.1, 0.15) is 27.7 Å². The Morgan fingerprint density at radius 1 is 1.11 bits per heavy atom. The van der Waals surface area contributed by atoms with Crippen molar-refractivity contribution in [1.29, 1.82) is 0 Å². The van der Waals surface area contributed by atoms with E-state index < -0.39 is 0 Å². The summed E-state index contributed by atoms with van der Waals surface area (Å²) < 4.78 is 0. The van der Waals surface area contributed by atoms with Crippen LogP contribution in [0.3, 0.4) is 0 Å². The third-order valence-corrected chi connectivity index (χ3v) is 2.59. The van der Waals surface area contributed by atoms with E-state index in [1.807, 2.05) is 0 Å². The van der Waals surface area contributed by atoms with Gasteiger partial charge in [-0.3, -0.25) is 0 Å². The molecular formula is C8H19B. The van der Waals surface area contributed by atoms with Crippen molar-refractivity contribution in [1.82, 2.24) is 0 Å². The summed E-state index contributed by atoms with van der Waals surface area (Å²) in [6, 6.07) is 0. The van der Waals surface area contributed by atoms with E-state index in [0.29, 0.717) is 0 Å². The molecule has 0 spiro atoms. The van der Waals surface area contributed by atoms with Crippen molar-refractivity contribution in [2.75, 3.05) is 0 Å². The lowest BCUT2D eigenvalue weighted by atomic mass is 9.79. The first-order valence-corrected chi connectivity index (χ1v) is 4.09. The molecule has 0 heterocycles. The summed E-state index contributed by atoms with van der Waals surface area (Å²) in [7, 11) is 2.27. The number of hydrogen-bond donors (Lipinski definition) is 0. The van der Waals surface area contributed by atoms with E-state index in [2.05, 4.69) is 35.5 Å². The van der Waals surface area contributed by atoms with Crippen molar-refractivity contribution >= 4 is 7.85 Å². The van der Waals surface area contributed by atoms with E-state index >= 15 is 0 Å². The highest BCUT2D eigenvalue weighted by Crippen LogP contribution is 2.21. The van der Waals surface area contributed by atoms with Gasteiger partial charge in [-0.1, -0.05) is 34.0 Å². The molecule has 0 saturated carbocycles. The van der Waals surface area contributed by atoms with Crippen LogP contribution in [0, 0.1) is 17.8 Å². The second kappa shape index (κ2) is 3.97. The Hall–Kier alpha value is 0.0649. The molecule has 0 N–H and O–H groups in total. The SMILES string of the molecule is BCC(C)[C@H](C)C(C)C. The molecular weight excluding hydrogens is 107 g/mol. The Labute approximate surface area is 60.4 Å². The molecule has 0 aliphatic heterocycles. The van der Waals surface area contributed by atoms with Crippen molar-refractivity contribution in [3.8, 4) is 0 Å². The minimum absolute atomic E-state index is 0.847. The molecule has 0 bridgehead atoms. The molecule has 54 valence electrons. The lowest BCUT2D eigenvalue weighted by molar-refractivity contribution is 0.316. The predicted molar refractivity (Wildman–Crippen MR) is 46.5 cm³/mol. The summed E-state index contributed by atoms with van der Waals surface area (Å²) in [5, 5.41) is 0. The summed E-state index contributed by atoms with van der Waals surface area (Å²) in [6.45, 7) is 9.29. The lowest BCUT2D eigenvalue weighted by Crippen LogP contribution is -2.13. The molecule has 0 rings (SSSR count). The van der Waals surface area contributed by atoms with Crippen LogP contribution in [0.2, 0.25) is 6.32 Å². The average Bonchev–Trinajstić information content (AvgIpc) is 1.84. The van der Waals surface area contributed by atoms with Gasteiger partial charge in [0.1, 0.15) is 7.85 Å². The van der Waals surface area contributed by atoms with Crippen LogP contribution >= 0.6 is 0 Å².